The van der Waals surface area contributed by atoms with Crippen LogP contribution in [0.25, 0.3) is 0 Å². The third-order valence-corrected chi connectivity index (χ3v) is 6.94. The SMILES string of the molecule is N#C/C(C(=O)NCc1ccccc1)=C1/SC(Cc2cccc([N+](=O)[O-])c2)C(=O)N1c1ccc(Cl)cc1. The molecular formula is C26H19ClN4O4S. The number of thioether (sulfide) groups is 1. The maximum atomic E-state index is 13.5. The van der Waals surface area contributed by atoms with Crippen molar-refractivity contribution in [1.82, 2.24) is 5.32 Å². The number of nitrogens with zero attached hydrogens (tertiary/aromatic N) is 3. The Morgan fingerprint density at radius 3 is 2.44 bits per heavy atom. The van der Waals surface area contributed by atoms with Gasteiger partial charge in [-0.3, -0.25) is 24.6 Å². The van der Waals surface area contributed by atoms with Gasteiger partial charge in [-0.2, -0.15) is 5.26 Å². The Kier molecular flexibility index (Phi) is 7.68. The van der Waals surface area contributed by atoms with Crippen LogP contribution in [0.1, 0.15) is 11.1 Å². The molecule has 2 amide bonds. The number of hydrogen-bond acceptors (Lipinski definition) is 6. The fraction of sp³-hybridized carbons (Fsp3) is 0.115. The summed E-state index contributed by atoms with van der Waals surface area (Å²) in [5.41, 5.74) is 1.64. The van der Waals surface area contributed by atoms with Crippen molar-refractivity contribution >= 4 is 46.6 Å². The molecule has 1 fully saturated rings. The minimum Gasteiger partial charge on any atom is -0.347 e. The minimum atomic E-state index is -0.692. The van der Waals surface area contributed by atoms with Crippen molar-refractivity contribution in [2.45, 2.75) is 18.2 Å². The highest BCUT2D eigenvalue weighted by Crippen LogP contribution is 2.42. The van der Waals surface area contributed by atoms with Crippen LogP contribution in [0.2, 0.25) is 5.02 Å². The number of carbonyl (C=O) groups is 2. The number of carbonyl (C=O) groups excluding carboxylic acids is 2. The van der Waals surface area contributed by atoms with Gasteiger partial charge in [-0.05, 0) is 41.8 Å². The number of benzene rings is 3. The summed E-state index contributed by atoms with van der Waals surface area (Å²) in [6.45, 7) is 0.217. The van der Waals surface area contributed by atoms with Crippen LogP contribution in [0.5, 0.6) is 0 Å². The third-order valence-electron chi connectivity index (χ3n) is 5.43. The van der Waals surface area contributed by atoms with Gasteiger partial charge in [-0.15, -0.1) is 0 Å². The Hall–Kier alpha value is -4.13. The van der Waals surface area contributed by atoms with Crippen LogP contribution in [0.3, 0.4) is 0 Å². The Bertz CT molecular complexity index is 1390. The number of nitrogens with one attached hydrogen (secondary N) is 1. The van der Waals surface area contributed by atoms with Gasteiger partial charge in [0.2, 0.25) is 5.91 Å². The van der Waals surface area contributed by atoms with E-state index in [0.29, 0.717) is 16.3 Å². The summed E-state index contributed by atoms with van der Waals surface area (Å²) in [6.07, 6.45) is 0.184. The van der Waals surface area contributed by atoms with Crippen LogP contribution < -0.4 is 10.2 Å². The average Bonchev–Trinajstić information content (AvgIpc) is 3.19. The van der Waals surface area contributed by atoms with E-state index in [4.69, 9.17) is 11.6 Å². The molecule has 0 radical (unpaired) electrons. The highest BCUT2D eigenvalue weighted by atomic mass is 35.5. The number of anilines is 1. The topological polar surface area (TPSA) is 116 Å². The molecule has 1 atom stereocenters. The number of rotatable bonds is 7. The van der Waals surface area contributed by atoms with E-state index in [0.717, 1.165) is 17.3 Å². The van der Waals surface area contributed by atoms with E-state index in [1.165, 1.54) is 17.0 Å². The normalized spacial score (nSPS) is 16.4. The zero-order valence-corrected chi connectivity index (χ0v) is 20.3. The highest BCUT2D eigenvalue weighted by molar-refractivity contribution is 8.05. The largest absolute Gasteiger partial charge is 0.347 e. The molecule has 1 saturated heterocycles. The molecule has 0 spiro atoms. The van der Waals surface area contributed by atoms with E-state index in [1.807, 2.05) is 36.4 Å². The molecule has 1 aliphatic heterocycles. The Balaban J connectivity index is 1.67. The predicted molar refractivity (Wildman–Crippen MR) is 138 cm³/mol. The van der Waals surface area contributed by atoms with Gasteiger partial charge in [-0.25, -0.2) is 0 Å². The van der Waals surface area contributed by atoms with Gasteiger partial charge in [0.1, 0.15) is 16.7 Å². The number of hydrogen-bond donors (Lipinski definition) is 1. The first kappa shape index (κ1) is 25.0. The number of nitro groups is 1. The van der Waals surface area contributed by atoms with E-state index in [-0.39, 0.29) is 35.2 Å². The molecule has 1 aliphatic rings. The van der Waals surface area contributed by atoms with Crippen molar-refractivity contribution in [2.24, 2.45) is 0 Å². The predicted octanol–water partition coefficient (Wildman–Crippen LogP) is 4.99. The standard InChI is InChI=1S/C26H19ClN4O4S/c27-19-9-11-20(12-10-19)30-25(33)23(14-18-7-4-8-21(13-18)31(34)35)36-26(30)22(15-28)24(32)29-16-17-5-2-1-3-6-17/h1-13,23H,14,16H2,(H,29,32)/b26-22-. The summed E-state index contributed by atoms with van der Waals surface area (Å²) in [6, 6.07) is 23.8. The summed E-state index contributed by atoms with van der Waals surface area (Å²) in [4.78, 5) is 38.5. The molecule has 3 aromatic rings. The Labute approximate surface area is 216 Å². The zero-order chi connectivity index (χ0) is 25.7. The lowest BCUT2D eigenvalue weighted by atomic mass is 10.1. The summed E-state index contributed by atoms with van der Waals surface area (Å²) >= 11 is 7.10. The molecule has 36 heavy (non-hydrogen) atoms. The smallest absolute Gasteiger partial charge is 0.269 e. The van der Waals surface area contributed by atoms with Crippen molar-refractivity contribution < 1.29 is 14.5 Å². The van der Waals surface area contributed by atoms with Crippen LogP contribution in [-0.4, -0.2) is 22.0 Å². The lowest BCUT2D eigenvalue weighted by molar-refractivity contribution is -0.384. The van der Waals surface area contributed by atoms with Gasteiger partial charge in [0, 0.05) is 29.4 Å². The lowest BCUT2D eigenvalue weighted by Gasteiger charge is -2.19. The molecule has 3 aromatic carbocycles. The highest BCUT2D eigenvalue weighted by Gasteiger charge is 2.41. The van der Waals surface area contributed by atoms with Crippen molar-refractivity contribution in [3.63, 3.8) is 0 Å². The van der Waals surface area contributed by atoms with Crippen LogP contribution >= 0.6 is 23.4 Å². The van der Waals surface area contributed by atoms with Crippen molar-refractivity contribution in [1.29, 1.82) is 5.26 Å². The maximum absolute atomic E-state index is 13.5. The van der Waals surface area contributed by atoms with Gasteiger partial charge in [-0.1, -0.05) is 65.8 Å². The van der Waals surface area contributed by atoms with Crippen LogP contribution in [0.4, 0.5) is 11.4 Å². The first-order valence-corrected chi connectivity index (χ1v) is 12.1. The molecule has 0 bridgehead atoms. The van der Waals surface area contributed by atoms with E-state index in [1.54, 1.807) is 36.4 Å². The Morgan fingerprint density at radius 2 is 1.78 bits per heavy atom. The maximum Gasteiger partial charge on any atom is 0.269 e. The zero-order valence-electron chi connectivity index (χ0n) is 18.8. The second kappa shape index (κ2) is 11.1. The number of amides is 2. The molecule has 1 N–H and O–H groups in total. The van der Waals surface area contributed by atoms with Crippen LogP contribution in [0, 0.1) is 21.4 Å². The van der Waals surface area contributed by atoms with Crippen molar-refractivity contribution in [3.8, 4) is 6.07 Å². The van der Waals surface area contributed by atoms with Crippen molar-refractivity contribution in [2.75, 3.05) is 4.90 Å². The lowest BCUT2D eigenvalue weighted by Crippen LogP contribution is -2.32. The molecule has 10 heteroatoms. The monoisotopic (exact) mass is 518 g/mol. The van der Waals surface area contributed by atoms with Crippen molar-refractivity contribution in [3.05, 3.63) is 116 Å². The van der Waals surface area contributed by atoms with Gasteiger partial charge in [0.15, 0.2) is 0 Å². The average molecular weight is 519 g/mol. The molecular weight excluding hydrogens is 500 g/mol. The molecule has 8 nitrogen and oxygen atoms in total. The van der Waals surface area contributed by atoms with Gasteiger partial charge >= 0.3 is 0 Å². The fourth-order valence-corrected chi connectivity index (χ4v) is 5.12. The molecule has 0 aromatic heterocycles. The van der Waals surface area contributed by atoms with Crippen LogP contribution in [-0.2, 0) is 22.6 Å². The van der Waals surface area contributed by atoms with Crippen LogP contribution in [0.15, 0.2) is 89.5 Å². The number of non-ortho nitro benzene ring substituents is 1. The van der Waals surface area contributed by atoms with Gasteiger partial charge in [0.25, 0.3) is 11.6 Å². The van der Waals surface area contributed by atoms with Gasteiger partial charge in [0.05, 0.1) is 10.2 Å². The van der Waals surface area contributed by atoms with Gasteiger partial charge < -0.3 is 5.32 Å². The van der Waals surface area contributed by atoms with E-state index in [2.05, 4.69) is 5.32 Å². The number of nitriles is 1. The first-order valence-electron chi connectivity index (χ1n) is 10.8. The molecule has 180 valence electrons. The summed E-state index contributed by atoms with van der Waals surface area (Å²) in [7, 11) is 0. The molecule has 4 rings (SSSR count). The summed E-state index contributed by atoms with van der Waals surface area (Å²) < 4.78 is 0. The minimum absolute atomic E-state index is 0.0775. The molecule has 1 unspecified atom stereocenters. The number of nitro benzene ring substituents is 1. The van der Waals surface area contributed by atoms with E-state index < -0.39 is 16.1 Å². The van der Waals surface area contributed by atoms with E-state index >= 15 is 0 Å². The molecule has 0 aliphatic carbocycles. The molecule has 0 saturated carbocycles. The fourth-order valence-electron chi connectivity index (χ4n) is 3.69. The first-order chi connectivity index (χ1) is 17.4. The number of halogens is 1. The third kappa shape index (κ3) is 5.57. The Morgan fingerprint density at radius 1 is 1.08 bits per heavy atom. The second-order valence-corrected chi connectivity index (χ2v) is 9.48. The molecule has 1 heterocycles. The van der Waals surface area contributed by atoms with E-state index in [9.17, 15) is 25.0 Å². The quantitative estimate of drug-likeness (QED) is 0.204. The second-order valence-electron chi connectivity index (χ2n) is 7.85. The summed E-state index contributed by atoms with van der Waals surface area (Å²) in [5.74, 6) is -0.945. The summed E-state index contributed by atoms with van der Waals surface area (Å²) in [5, 5.41) is 23.8.